The second kappa shape index (κ2) is 8.47. The van der Waals surface area contributed by atoms with Gasteiger partial charge in [-0.25, -0.2) is 8.78 Å². The highest BCUT2D eigenvalue weighted by Gasteiger charge is 2.33. The van der Waals surface area contributed by atoms with Crippen molar-refractivity contribution in [2.45, 2.75) is 44.6 Å². The zero-order valence-corrected chi connectivity index (χ0v) is 17.1. The van der Waals surface area contributed by atoms with Crippen LogP contribution < -0.4 is 10.6 Å². The van der Waals surface area contributed by atoms with Crippen molar-refractivity contribution in [2.75, 3.05) is 0 Å². The van der Waals surface area contributed by atoms with E-state index >= 15 is 0 Å². The minimum atomic E-state index is -1.11. The van der Waals surface area contributed by atoms with Crippen LogP contribution in [0.15, 0.2) is 30.5 Å². The van der Waals surface area contributed by atoms with Gasteiger partial charge in [0.1, 0.15) is 11.6 Å². The van der Waals surface area contributed by atoms with Gasteiger partial charge in [-0.15, -0.1) is 0 Å². The first-order valence-electron chi connectivity index (χ1n) is 9.31. The summed E-state index contributed by atoms with van der Waals surface area (Å²) in [6.45, 7) is 3.18. The van der Waals surface area contributed by atoms with Crippen molar-refractivity contribution in [1.82, 2.24) is 15.6 Å². The van der Waals surface area contributed by atoms with Crippen LogP contribution in [0.5, 0.6) is 0 Å². The van der Waals surface area contributed by atoms with Crippen molar-refractivity contribution >= 4 is 29.3 Å². The Hall–Kier alpha value is -2.87. The molecule has 1 saturated heterocycles. The van der Waals surface area contributed by atoms with Gasteiger partial charge in [-0.05, 0) is 50.1 Å². The lowest BCUT2D eigenvalue weighted by molar-refractivity contribution is -0.134. The fourth-order valence-electron chi connectivity index (χ4n) is 3.31. The highest BCUT2D eigenvalue weighted by Crippen LogP contribution is 2.33. The molecular weight excluding hydrogens is 416 g/mol. The van der Waals surface area contributed by atoms with E-state index in [0.717, 1.165) is 0 Å². The molecule has 2 N–H and O–H groups in total. The van der Waals surface area contributed by atoms with E-state index < -0.39 is 40.7 Å². The molecular formula is C21H20ClF2N3O3. The van der Waals surface area contributed by atoms with Crippen molar-refractivity contribution in [3.8, 4) is 0 Å². The Bertz CT molecular complexity index is 1000. The molecule has 2 heterocycles. The van der Waals surface area contributed by atoms with Crippen molar-refractivity contribution in [3.05, 3.63) is 63.9 Å². The second-order valence-electron chi connectivity index (χ2n) is 7.64. The van der Waals surface area contributed by atoms with Gasteiger partial charge in [-0.1, -0.05) is 11.6 Å². The van der Waals surface area contributed by atoms with Crippen LogP contribution in [0.4, 0.5) is 8.78 Å². The van der Waals surface area contributed by atoms with E-state index in [4.69, 9.17) is 11.6 Å². The number of amides is 3. The Labute approximate surface area is 177 Å². The number of piperidine rings is 1. The van der Waals surface area contributed by atoms with E-state index in [-0.39, 0.29) is 35.7 Å². The Kier molecular flexibility index (Phi) is 6.17. The summed E-state index contributed by atoms with van der Waals surface area (Å²) in [6.07, 6.45) is 1.56. The van der Waals surface area contributed by atoms with Crippen LogP contribution in [0.25, 0.3) is 0 Å². The number of nitrogens with one attached hydrogen (secondary N) is 2. The van der Waals surface area contributed by atoms with Gasteiger partial charge in [0.2, 0.25) is 17.7 Å². The number of carbonyl (C=O) groups is 3. The smallest absolute Gasteiger partial charge is 0.234 e. The topological polar surface area (TPSA) is 88.2 Å². The maximum Gasteiger partial charge on any atom is 0.234 e. The maximum absolute atomic E-state index is 14.7. The molecule has 0 radical (unpaired) electrons. The quantitative estimate of drug-likeness (QED) is 0.706. The van der Waals surface area contributed by atoms with Gasteiger partial charge in [0.15, 0.2) is 0 Å². The van der Waals surface area contributed by atoms with E-state index in [0.29, 0.717) is 5.56 Å². The molecule has 0 saturated carbocycles. The zero-order valence-electron chi connectivity index (χ0n) is 16.4. The van der Waals surface area contributed by atoms with Crippen molar-refractivity contribution in [1.29, 1.82) is 0 Å². The Morgan fingerprint density at radius 3 is 2.67 bits per heavy atom. The number of carbonyl (C=O) groups excluding carboxylic acids is 3. The molecule has 30 heavy (non-hydrogen) atoms. The standard InChI is InChI=1S/C21H20ClF2N3O3/c1-21(2,16-9-12(23)5-6-25-16)20(30)26-10-11-7-14(22)18(15(24)8-11)13-3-4-17(28)27-19(13)29/h5-9,13H,3-4,10H2,1-2H3,(H,26,30)(H,27,28,29). The van der Waals surface area contributed by atoms with Gasteiger partial charge in [0, 0.05) is 29.7 Å². The predicted molar refractivity (Wildman–Crippen MR) is 106 cm³/mol. The minimum Gasteiger partial charge on any atom is -0.351 e. The zero-order chi connectivity index (χ0) is 22.1. The third kappa shape index (κ3) is 4.48. The number of nitrogens with zero attached hydrogens (tertiary/aromatic N) is 1. The molecule has 1 atom stereocenters. The molecule has 1 aliphatic rings. The molecule has 1 aromatic heterocycles. The number of aromatic nitrogens is 1. The van der Waals surface area contributed by atoms with Crippen LogP contribution in [-0.4, -0.2) is 22.7 Å². The van der Waals surface area contributed by atoms with E-state index in [1.165, 1.54) is 30.5 Å². The lowest BCUT2D eigenvalue weighted by Gasteiger charge is -2.24. The van der Waals surface area contributed by atoms with Crippen LogP contribution in [0.1, 0.15) is 49.4 Å². The highest BCUT2D eigenvalue weighted by atomic mass is 35.5. The van der Waals surface area contributed by atoms with Crippen LogP contribution in [-0.2, 0) is 26.3 Å². The molecule has 0 aliphatic carbocycles. The largest absolute Gasteiger partial charge is 0.351 e. The molecule has 2 aromatic rings. The molecule has 1 aliphatic heterocycles. The van der Waals surface area contributed by atoms with Crippen molar-refractivity contribution in [2.24, 2.45) is 0 Å². The molecule has 3 amide bonds. The first-order chi connectivity index (χ1) is 14.1. The summed E-state index contributed by atoms with van der Waals surface area (Å²) < 4.78 is 28.2. The summed E-state index contributed by atoms with van der Waals surface area (Å²) in [4.78, 5) is 40.0. The van der Waals surface area contributed by atoms with Crippen molar-refractivity contribution < 1.29 is 23.2 Å². The number of hydrogen-bond acceptors (Lipinski definition) is 4. The number of hydrogen-bond donors (Lipinski definition) is 2. The number of pyridine rings is 1. The van der Waals surface area contributed by atoms with E-state index in [1.807, 2.05) is 0 Å². The summed E-state index contributed by atoms with van der Waals surface area (Å²) in [6, 6.07) is 5.03. The molecule has 0 bridgehead atoms. The first kappa shape index (κ1) is 21.8. The average Bonchev–Trinajstić information content (AvgIpc) is 2.67. The molecule has 3 rings (SSSR count). The summed E-state index contributed by atoms with van der Waals surface area (Å²) in [7, 11) is 0. The van der Waals surface area contributed by atoms with Gasteiger partial charge < -0.3 is 5.32 Å². The molecule has 1 unspecified atom stereocenters. The first-order valence-corrected chi connectivity index (χ1v) is 9.69. The second-order valence-corrected chi connectivity index (χ2v) is 8.05. The predicted octanol–water partition coefficient (Wildman–Crippen LogP) is 3.13. The van der Waals surface area contributed by atoms with Crippen LogP contribution >= 0.6 is 11.6 Å². The summed E-state index contributed by atoms with van der Waals surface area (Å²) >= 11 is 6.22. The lowest BCUT2D eigenvalue weighted by Crippen LogP contribution is -2.40. The number of imide groups is 1. The molecule has 1 fully saturated rings. The number of benzene rings is 1. The third-order valence-corrected chi connectivity index (χ3v) is 5.42. The number of halogens is 3. The summed E-state index contributed by atoms with van der Waals surface area (Å²) in [5, 5.41) is 4.90. The molecule has 0 spiro atoms. The van der Waals surface area contributed by atoms with Gasteiger partial charge in [-0.2, -0.15) is 0 Å². The fraction of sp³-hybridized carbons (Fsp3) is 0.333. The maximum atomic E-state index is 14.7. The average molecular weight is 436 g/mol. The summed E-state index contributed by atoms with van der Waals surface area (Å²) in [5.74, 6) is -3.45. The molecule has 1 aromatic carbocycles. The summed E-state index contributed by atoms with van der Waals surface area (Å²) in [5.41, 5.74) is -0.430. The van der Waals surface area contributed by atoms with Gasteiger partial charge in [0.05, 0.1) is 17.0 Å². The third-order valence-electron chi connectivity index (χ3n) is 5.11. The highest BCUT2D eigenvalue weighted by molar-refractivity contribution is 6.31. The van der Waals surface area contributed by atoms with Gasteiger partial charge in [-0.3, -0.25) is 24.7 Å². The monoisotopic (exact) mass is 435 g/mol. The molecule has 9 heteroatoms. The fourth-order valence-corrected chi connectivity index (χ4v) is 3.67. The number of rotatable bonds is 5. The van der Waals surface area contributed by atoms with E-state index in [1.54, 1.807) is 13.8 Å². The SMILES string of the molecule is CC(C)(C(=O)NCc1cc(F)c(C2CCC(=O)NC2=O)c(Cl)c1)c1cc(F)ccn1. The minimum absolute atomic E-state index is 0.0240. The van der Waals surface area contributed by atoms with Crippen molar-refractivity contribution in [3.63, 3.8) is 0 Å². The normalized spacial score (nSPS) is 16.9. The lowest BCUT2D eigenvalue weighted by atomic mass is 9.87. The van der Waals surface area contributed by atoms with E-state index in [9.17, 15) is 23.2 Å². The van der Waals surface area contributed by atoms with Gasteiger partial charge >= 0.3 is 0 Å². The Balaban J connectivity index is 1.74. The molecule has 6 nitrogen and oxygen atoms in total. The van der Waals surface area contributed by atoms with Crippen LogP contribution in [0.2, 0.25) is 5.02 Å². The Morgan fingerprint density at radius 2 is 2.03 bits per heavy atom. The van der Waals surface area contributed by atoms with E-state index in [2.05, 4.69) is 15.6 Å². The Morgan fingerprint density at radius 1 is 1.30 bits per heavy atom. The van der Waals surface area contributed by atoms with Crippen LogP contribution in [0.3, 0.4) is 0 Å². The van der Waals surface area contributed by atoms with Gasteiger partial charge in [0.25, 0.3) is 0 Å². The molecule has 158 valence electrons. The van der Waals surface area contributed by atoms with Crippen LogP contribution in [0, 0.1) is 11.6 Å².